The highest BCUT2D eigenvalue weighted by atomic mass is 127. The molecule has 0 radical (unpaired) electrons. The van der Waals surface area contributed by atoms with Crippen molar-refractivity contribution in [3.8, 4) is 22.9 Å². The number of hydrogen-bond acceptors (Lipinski definition) is 3. The van der Waals surface area contributed by atoms with E-state index in [2.05, 4.69) is 19.9 Å². The van der Waals surface area contributed by atoms with Gasteiger partial charge in [0.15, 0.2) is 11.6 Å². The summed E-state index contributed by atoms with van der Waals surface area (Å²) in [4.78, 5) is 14.2. The Morgan fingerprint density at radius 3 is 2.15 bits per heavy atom. The van der Waals surface area contributed by atoms with Crippen molar-refractivity contribution in [2.45, 2.75) is 19.3 Å². The Hall–Kier alpha value is -2.18. The number of aryl methyl sites for hydroxylation is 1. The van der Waals surface area contributed by atoms with E-state index in [1.165, 1.54) is 13.1 Å². The molecule has 3 rings (SSSR count). The molecule has 3 aromatic rings. The number of rotatable bonds is 2. The van der Waals surface area contributed by atoms with Gasteiger partial charge in [-0.3, -0.25) is 0 Å². The van der Waals surface area contributed by atoms with Crippen LogP contribution in [-0.2, 0) is 12.4 Å². The smallest absolute Gasteiger partial charge is 0.341 e. The summed E-state index contributed by atoms with van der Waals surface area (Å²) in [5, 5.41) is 0. The van der Waals surface area contributed by atoms with E-state index >= 15 is 0 Å². The zero-order valence-corrected chi connectivity index (χ0v) is 15.5. The molecule has 0 saturated heterocycles. The average Bonchev–Trinajstić information content (AvgIpc) is 2.99. The summed E-state index contributed by atoms with van der Waals surface area (Å²) >= 11 is 1.86. The number of aromatic amines is 1. The van der Waals surface area contributed by atoms with E-state index in [4.69, 9.17) is 0 Å². The fourth-order valence-corrected chi connectivity index (χ4v) is 2.80. The van der Waals surface area contributed by atoms with Gasteiger partial charge in [-0.05, 0) is 53.3 Å². The Labute approximate surface area is 162 Å². The van der Waals surface area contributed by atoms with Gasteiger partial charge in [-0.25, -0.2) is 15.0 Å². The van der Waals surface area contributed by atoms with Crippen LogP contribution in [0.3, 0.4) is 0 Å². The summed E-state index contributed by atoms with van der Waals surface area (Å²) in [7, 11) is 0. The number of halogens is 7. The zero-order valence-electron chi connectivity index (χ0n) is 13.4. The number of H-pyrrole nitrogens is 1. The highest BCUT2D eigenvalue weighted by Crippen LogP contribution is 2.35. The maximum absolute atomic E-state index is 13.2. The van der Waals surface area contributed by atoms with Gasteiger partial charge in [0, 0.05) is 11.8 Å². The molecular weight excluding hydrogens is 489 g/mol. The fourth-order valence-electron chi connectivity index (χ4n) is 2.40. The molecule has 0 spiro atoms. The minimum Gasteiger partial charge on any atom is -0.341 e. The highest BCUT2D eigenvalue weighted by Gasteiger charge is 2.35. The second kappa shape index (κ2) is 6.77. The van der Waals surface area contributed by atoms with Crippen molar-refractivity contribution in [1.82, 2.24) is 19.9 Å². The number of benzene rings is 1. The third kappa shape index (κ3) is 4.22. The zero-order chi connectivity index (χ0) is 20.0. The van der Waals surface area contributed by atoms with Gasteiger partial charge in [-0.2, -0.15) is 26.3 Å². The number of aromatic nitrogens is 4. The minimum atomic E-state index is -4.76. The lowest BCUT2D eigenvalue weighted by atomic mass is 10.0. The van der Waals surface area contributed by atoms with Crippen LogP contribution < -0.4 is 0 Å². The highest BCUT2D eigenvalue weighted by molar-refractivity contribution is 14.1. The number of alkyl halides is 6. The third-order valence-electron chi connectivity index (χ3n) is 3.60. The lowest BCUT2D eigenvalue weighted by molar-refractivity contribution is -0.141. The maximum Gasteiger partial charge on any atom is 0.433 e. The van der Waals surface area contributed by atoms with Crippen molar-refractivity contribution in [2.24, 2.45) is 0 Å². The molecule has 0 bridgehead atoms. The van der Waals surface area contributed by atoms with E-state index in [0.717, 1.165) is 18.2 Å². The van der Waals surface area contributed by atoms with Crippen molar-refractivity contribution in [3.05, 3.63) is 51.0 Å². The van der Waals surface area contributed by atoms with Gasteiger partial charge in [0.1, 0.15) is 9.39 Å². The molecule has 0 amide bonds. The normalized spacial score (nSPS) is 12.4. The van der Waals surface area contributed by atoms with Crippen molar-refractivity contribution < 1.29 is 26.3 Å². The van der Waals surface area contributed by atoms with Crippen molar-refractivity contribution in [3.63, 3.8) is 0 Å². The summed E-state index contributed by atoms with van der Waals surface area (Å²) in [6.07, 6.45) is -7.85. The van der Waals surface area contributed by atoms with E-state index in [1.807, 2.05) is 22.6 Å². The van der Waals surface area contributed by atoms with Gasteiger partial charge in [0.25, 0.3) is 0 Å². The first-order valence-corrected chi connectivity index (χ1v) is 8.39. The van der Waals surface area contributed by atoms with Crippen molar-refractivity contribution >= 4 is 22.6 Å². The second-order valence-electron chi connectivity index (χ2n) is 5.56. The fraction of sp³-hybridized carbons (Fsp3) is 0.188. The second-order valence-corrected chi connectivity index (χ2v) is 6.66. The minimum absolute atomic E-state index is 0.0235. The summed E-state index contributed by atoms with van der Waals surface area (Å²) in [5.74, 6) is -0.282. The van der Waals surface area contributed by atoms with Crippen LogP contribution in [0.15, 0.2) is 30.5 Å². The molecular formula is C16H9F6IN4. The van der Waals surface area contributed by atoms with E-state index < -0.39 is 23.6 Å². The molecule has 0 unspecified atom stereocenters. The van der Waals surface area contributed by atoms with E-state index in [9.17, 15) is 26.3 Å². The summed E-state index contributed by atoms with van der Waals surface area (Å²) < 4.78 is 78.8. The molecule has 1 aromatic carbocycles. The summed E-state index contributed by atoms with van der Waals surface area (Å²) in [6, 6.07) is 3.73. The van der Waals surface area contributed by atoms with Gasteiger partial charge >= 0.3 is 12.4 Å². The molecule has 2 aromatic heterocycles. The number of imidazole rings is 1. The summed E-state index contributed by atoms with van der Waals surface area (Å²) in [6.45, 7) is 1.23. The molecule has 0 aliphatic carbocycles. The van der Waals surface area contributed by atoms with Crippen molar-refractivity contribution in [1.29, 1.82) is 0 Å². The first-order chi connectivity index (χ1) is 12.4. The number of hydrogen-bond donors (Lipinski definition) is 1. The molecule has 0 aliphatic rings. The van der Waals surface area contributed by atoms with Crippen LogP contribution in [0.1, 0.15) is 16.8 Å². The van der Waals surface area contributed by atoms with Crippen LogP contribution >= 0.6 is 22.6 Å². The molecule has 2 heterocycles. The Kier molecular flexibility index (Phi) is 4.91. The Balaban J connectivity index is 2.16. The Bertz CT molecular complexity index is 993. The molecule has 142 valence electrons. The van der Waals surface area contributed by atoms with E-state index in [1.54, 1.807) is 0 Å². The number of nitrogens with one attached hydrogen (secondary N) is 1. The lowest BCUT2D eigenvalue weighted by Crippen LogP contribution is -2.11. The van der Waals surface area contributed by atoms with Gasteiger partial charge in [0.05, 0.1) is 11.3 Å². The predicted molar refractivity (Wildman–Crippen MR) is 92.5 cm³/mol. The van der Waals surface area contributed by atoms with Crippen LogP contribution in [0.2, 0.25) is 0 Å². The largest absolute Gasteiger partial charge is 0.433 e. The van der Waals surface area contributed by atoms with Crippen LogP contribution in [0.5, 0.6) is 0 Å². The monoisotopic (exact) mass is 498 g/mol. The Morgan fingerprint density at radius 2 is 1.63 bits per heavy atom. The number of nitrogens with zero attached hydrogens (tertiary/aromatic N) is 3. The first kappa shape index (κ1) is 19.6. The van der Waals surface area contributed by atoms with Crippen LogP contribution in [0.25, 0.3) is 22.9 Å². The van der Waals surface area contributed by atoms with E-state index in [0.29, 0.717) is 9.77 Å². The Morgan fingerprint density at radius 1 is 0.926 bits per heavy atom. The standard InChI is InChI=1S/C16H9F6IN4/c1-7-4-8(2-3-9(7)15(17,18)19)10-5-11(16(20,21)22)26-14(25-10)13-24-6-12(23)27-13/h2-6H,1H3,(H,24,27). The molecule has 1 N–H and O–H groups in total. The topological polar surface area (TPSA) is 54.5 Å². The van der Waals surface area contributed by atoms with Gasteiger partial charge in [-0.15, -0.1) is 0 Å². The van der Waals surface area contributed by atoms with Crippen LogP contribution in [-0.4, -0.2) is 19.9 Å². The maximum atomic E-state index is 13.2. The molecule has 27 heavy (non-hydrogen) atoms. The molecule has 0 atom stereocenters. The molecule has 0 fully saturated rings. The summed E-state index contributed by atoms with van der Waals surface area (Å²) in [5.41, 5.74) is -2.25. The molecule has 0 aliphatic heterocycles. The van der Waals surface area contributed by atoms with Gasteiger partial charge in [0.2, 0.25) is 0 Å². The van der Waals surface area contributed by atoms with Crippen LogP contribution in [0, 0.1) is 10.6 Å². The molecule has 4 nitrogen and oxygen atoms in total. The third-order valence-corrected chi connectivity index (χ3v) is 4.16. The van der Waals surface area contributed by atoms with Crippen LogP contribution in [0.4, 0.5) is 26.3 Å². The van der Waals surface area contributed by atoms with Gasteiger partial charge in [-0.1, -0.05) is 6.07 Å². The molecule has 11 heteroatoms. The molecule has 0 saturated carbocycles. The lowest BCUT2D eigenvalue weighted by Gasteiger charge is -2.13. The SMILES string of the molecule is Cc1cc(-c2cc(C(F)(F)F)nc(-c3nc(I)c[nH]3)n2)ccc1C(F)(F)F. The van der Waals surface area contributed by atoms with Gasteiger partial charge < -0.3 is 4.98 Å². The first-order valence-electron chi connectivity index (χ1n) is 7.31. The quantitative estimate of drug-likeness (QED) is 0.376. The predicted octanol–water partition coefficient (Wildman–Crippen LogP) is 5.48. The van der Waals surface area contributed by atoms with E-state index in [-0.39, 0.29) is 28.5 Å². The van der Waals surface area contributed by atoms with Crippen molar-refractivity contribution in [2.75, 3.05) is 0 Å². The average molecular weight is 498 g/mol.